The summed E-state index contributed by atoms with van der Waals surface area (Å²) in [5.41, 5.74) is 3.35. The number of benzene rings is 2. The summed E-state index contributed by atoms with van der Waals surface area (Å²) >= 11 is 1.79. The van der Waals surface area contributed by atoms with Crippen molar-refractivity contribution in [3.63, 3.8) is 0 Å². The molecule has 0 spiro atoms. The van der Waals surface area contributed by atoms with Crippen molar-refractivity contribution in [2.24, 2.45) is 0 Å². The third-order valence-electron chi connectivity index (χ3n) is 7.27. The van der Waals surface area contributed by atoms with Gasteiger partial charge in [0.25, 0.3) is 0 Å². The van der Waals surface area contributed by atoms with Crippen LogP contribution in [0.5, 0.6) is 0 Å². The molecule has 0 aliphatic carbocycles. The number of hydrogen-bond donors (Lipinski definition) is 0. The number of para-hydroxylation sites is 1. The van der Waals surface area contributed by atoms with E-state index in [-0.39, 0.29) is 18.4 Å². The fourth-order valence-electron chi connectivity index (χ4n) is 5.50. The first-order chi connectivity index (χ1) is 17.1. The summed E-state index contributed by atoms with van der Waals surface area (Å²) in [6, 6.07) is 18.2. The maximum atomic E-state index is 13.7. The number of piperazine rings is 2. The van der Waals surface area contributed by atoms with Crippen LogP contribution in [0.15, 0.2) is 60.8 Å². The molecule has 178 valence electrons. The maximum Gasteiger partial charge on any atom is 0.247 e. The Morgan fingerprint density at radius 2 is 1.86 bits per heavy atom. The van der Waals surface area contributed by atoms with Crippen LogP contribution in [0.2, 0.25) is 0 Å². The Bertz CT molecular complexity index is 1430. The maximum absolute atomic E-state index is 13.7. The van der Waals surface area contributed by atoms with Crippen LogP contribution < -0.4 is 0 Å². The normalized spacial score (nSPS) is 19.1. The Kier molecular flexibility index (Phi) is 5.74. The van der Waals surface area contributed by atoms with E-state index in [2.05, 4.69) is 59.3 Å². The van der Waals surface area contributed by atoms with Gasteiger partial charge in [-0.3, -0.25) is 19.5 Å². The van der Waals surface area contributed by atoms with E-state index >= 15 is 0 Å². The molecule has 2 amide bonds. The summed E-state index contributed by atoms with van der Waals surface area (Å²) in [5.74, 6) is 0.112. The second kappa shape index (κ2) is 9.06. The molecule has 2 fully saturated rings. The Morgan fingerprint density at radius 1 is 1.00 bits per heavy atom. The van der Waals surface area contributed by atoms with E-state index in [4.69, 9.17) is 0 Å². The van der Waals surface area contributed by atoms with Crippen LogP contribution >= 0.6 is 11.3 Å². The van der Waals surface area contributed by atoms with Crippen LogP contribution in [0.3, 0.4) is 0 Å². The minimum atomic E-state index is -0.428. The number of carbonyl (C=O) groups is 2. The van der Waals surface area contributed by atoms with Crippen LogP contribution in [0.4, 0.5) is 0 Å². The van der Waals surface area contributed by atoms with Crippen LogP contribution in [0.1, 0.15) is 22.9 Å². The fourth-order valence-corrected chi connectivity index (χ4v) is 6.66. The number of rotatable bonds is 5. The summed E-state index contributed by atoms with van der Waals surface area (Å²) < 4.78 is 1.24. The average molecular weight is 485 g/mol. The van der Waals surface area contributed by atoms with Gasteiger partial charge < -0.3 is 9.80 Å². The molecule has 7 heteroatoms. The number of nitrogens with zero attached hydrogens (tertiary/aromatic N) is 4. The lowest BCUT2D eigenvalue weighted by Gasteiger charge is -2.46. The summed E-state index contributed by atoms with van der Waals surface area (Å²) in [4.78, 5) is 38.5. The van der Waals surface area contributed by atoms with Gasteiger partial charge in [0.15, 0.2) is 0 Å². The molecule has 0 bridgehead atoms. The zero-order chi connectivity index (χ0) is 23.9. The molecule has 0 radical (unpaired) electrons. The molecule has 35 heavy (non-hydrogen) atoms. The highest BCUT2D eigenvalue weighted by atomic mass is 32.1. The van der Waals surface area contributed by atoms with E-state index in [0.717, 1.165) is 36.0 Å². The minimum Gasteiger partial charge on any atom is -0.327 e. The number of aromatic nitrogens is 1. The molecule has 4 aromatic rings. The quantitative estimate of drug-likeness (QED) is 0.429. The summed E-state index contributed by atoms with van der Waals surface area (Å²) in [5, 5.41) is 2.32. The van der Waals surface area contributed by atoms with Crippen molar-refractivity contribution < 1.29 is 9.59 Å². The fraction of sp³-hybridized carbons (Fsp3) is 0.321. The van der Waals surface area contributed by atoms with Crippen LogP contribution in [0, 0.1) is 0 Å². The Balaban J connectivity index is 1.24. The van der Waals surface area contributed by atoms with Crippen molar-refractivity contribution in [3.05, 3.63) is 76.8 Å². The van der Waals surface area contributed by atoms with Gasteiger partial charge >= 0.3 is 0 Å². The van der Waals surface area contributed by atoms with Gasteiger partial charge in [-0.25, -0.2) is 0 Å². The highest BCUT2D eigenvalue weighted by Crippen LogP contribution is 2.33. The average Bonchev–Trinajstić information content (AvgIpc) is 3.25. The van der Waals surface area contributed by atoms with Crippen LogP contribution in [-0.4, -0.2) is 63.7 Å². The molecule has 1 unspecified atom stereocenters. The standard InChI is InChI=1S/C28H28N4O2S/c1-2-24-22(21-10-3-4-11-25(21)35-24)16-31-18-26(33)32-14-13-30(17-23(32)28(31)34)15-20-8-5-7-19-9-6-12-29-27(19)20/h3-12,23H,2,13-18H2,1H3. The number of aryl methyl sites for hydroxylation is 1. The lowest BCUT2D eigenvalue weighted by molar-refractivity contribution is -0.160. The van der Waals surface area contributed by atoms with E-state index in [0.29, 0.717) is 19.6 Å². The summed E-state index contributed by atoms with van der Waals surface area (Å²) in [6.07, 6.45) is 2.75. The number of pyridine rings is 1. The predicted octanol–water partition coefficient (Wildman–Crippen LogP) is 4.07. The summed E-state index contributed by atoms with van der Waals surface area (Å²) in [7, 11) is 0. The molecule has 4 heterocycles. The molecule has 1 atom stereocenters. The third-order valence-corrected chi connectivity index (χ3v) is 8.63. The molecule has 2 aliphatic heterocycles. The predicted molar refractivity (Wildman–Crippen MR) is 139 cm³/mol. The topological polar surface area (TPSA) is 56.8 Å². The molecular formula is C28H28N4O2S. The van der Waals surface area contributed by atoms with Gasteiger partial charge in [-0.15, -0.1) is 11.3 Å². The zero-order valence-electron chi connectivity index (χ0n) is 19.8. The lowest BCUT2D eigenvalue weighted by atomic mass is 10.0. The zero-order valence-corrected chi connectivity index (χ0v) is 20.6. The first kappa shape index (κ1) is 22.2. The lowest BCUT2D eigenvalue weighted by Crippen LogP contribution is -2.66. The largest absolute Gasteiger partial charge is 0.327 e. The Labute approximate surface area is 208 Å². The number of hydrogen-bond acceptors (Lipinski definition) is 5. The van der Waals surface area contributed by atoms with Crippen molar-refractivity contribution in [2.75, 3.05) is 26.2 Å². The van der Waals surface area contributed by atoms with E-state index in [1.165, 1.54) is 20.5 Å². The van der Waals surface area contributed by atoms with Gasteiger partial charge in [0.1, 0.15) is 12.6 Å². The first-order valence-corrected chi connectivity index (χ1v) is 13.1. The number of amides is 2. The summed E-state index contributed by atoms with van der Waals surface area (Å²) in [6.45, 7) is 5.42. The molecule has 0 saturated carbocycles. The van der Waals surface area contributed by atoms with E-state index in [9.17, 15) is 9.59 Å². The van der Waals surface area contributed by atoms with Gasteiger partial charge in [0.05, 0.1) is 5.52 Å². The SMILES string of the molecule is CCc1sc2ccccc2c1CN1CC(=O)N2CCN(Cc3cccc4cccnc34)CC2C1=O. The van der Waals surface area contributed by atoms with E-state index < -0.39 is 6.04 Å². The monoisotopic (exact) mass is 484 g/mol. The number of carbonyl (C=O) groups excluding carboxylic acids is 2. The molecule has 6 rings (SSSR count). The number of thiophene rings is 1. The molecule has 2 aromatic heterocycles. The molecule has 0 N–H and O–H groups in total. The minimum absolute atomic E-state index is 0.0543. The van der Waals surface area contributed by atoms with Gasteiger partial charge in [-0.05, 0) is 35.1 Å². The first-order valence-electron chi connectivity index (χ1n) is 12.2. The van der Waals surface area contributed by atoms with Gasteiger partial charge in [-0.2, -0.15) is 0 Å². The highest BCUT2D eigenvalue weighted by Gasteiger charge is 2.42. The van der Waals surface area contributed by atoms with Crippen molar-refractivity contribution in [1.82, 2.24) is 19.7 Å². The Hall–Kier alpha value is -3.29. The van der Waals surface area contributed by atoms with Crippen LogP contribution in [-0.2, 0) is 29.1 Å². The second-order valence-corrected chi connectivity index (χ2v) is 10.5. The van der Waals surface area contributed by atoms with Gasteiger partial charge in [0.2, 0.25) is 11.8 Å². The van der Waals surface area contributed by atoms with Crippen molar-refractivity contribution >= 4 is 44.1 Å². The smallest absolute Gasteiger partial charge is 0.247 e. The van der Waals surface area contributed by atoms with E-state index in [1.807, 2.05) is 18.3 Å². The van der Waals surface area contributed by atoms with Crippen LogP contribution in [0.25, 0.3) is 21.0 Å². The van der Waals surface area contributed by atoms with Crippen molar-refractivity contribution in [2.45, 2.75) is 32.5 Å². The van der Waals surface area contributed by atoms with E-state index in [1.54, 1.807) is 21.1 Å². The molecular weight excluding hydrogens is 456 g/mol. The van der Waals surface area contributed by atoms with Crippen molar-refractivity contribution in [3.8, 4) is 0 Å². The number of fused-ring (bicyclic) bond motifs is 3. The third kappa shape index (κ3) is 3.98. The van der Waals surface area contributed by atoms with Gasteiger partial charge in [0, 0.05) is 53.9 Å². The molecule has 2 aliphatic rings. The molecule has 2 aromatic carbocycles. The molecule has 2 saturated heterocycles. The second-order valence-electron chi connectivity index (χ2n) is 9.38. The van der Waals surface area contributed by atoms with Gasteiger partial charge in [-0.1, -0.05) is 49.4 Å². The Morgan fingerprint density at radius 3 is 2.74 bits per heavy atom. The highest BCUT2D eigenvalue weighted by molar-refractivity contribution is 7.19. The molecule has 6 nitrogen and oxygen atoms in total. The van der Waals surface area contributed by atoms with Crippen molar-refractivity contribution in [1.29, 1.82) is 0 Å².